The van der Waals surface area contributed by atoms with Crippen LogP contribution in [0, 0.1) is 10.1 Å². The number of alkyl halides is 3. The maximum absolute atomic E-state index is 13.3. The van der Waals surface area contributed by atoms with Crippen molar-refractivity contribution in [2.75, 3.05) is 12.5 Å². The Morgan fingerprint density at radius 3 is 2.12 bits per heavy atom. The number of esters is 1. The zero-order chi connectivity index (χ0) is 18.5. The number of nitro groups is 1. The van der Waals surface area contributed by atoms with E-state index in [0.717, 1.165) is 38.3 Å². The van der Waals surface area contributed by atoms with Gasteiger partial charge in [-0.25, -0.2) is 4.79 Å². The number of nitrogens with one attached hydrogen (secondary N) is 3. The van der Waals surface area contributed by atoms with Gasteiger partial charge in [-0.05, 0) is 12.1 Å². The Hall–Kier alpha value is -2.89. The van der Waals surface area contributed by atoms with Crippen LogP contribution in [0.15, 0.2) is 24.3 Å². The lowest BCUT2D eigenvalue weighted by molar-refractivity contribution is -0.384. The number of methoxy groups -OCH3 is 1. The lowest BCUT2D eigenvalue weighted by Gasteiger charge is -2.34. The van der Waals surface area contributed by atoms with E-state index in [4.69, 9.17) is 0 Å². The molecule has 132 valence electrons. The average molecular weight is 350 g/mol. The van der Waals surface area contributed by atoms with Crippen LogP contribution >= 0.6 is 0 Å². The number of rotatable bonds is 6. The first-order valence-electron chi connectivity index (χ1n) is 6.25. The summed E-state index contributed by atoms with van der Waals surface area (Å²) in [5, 5.41) is 12.0. The van der Waals surface area contributed by atoms with Crippen molar-refractivity contribution in [3.8, 4) is 0 Å². The molecule has 0 heterocycles. The van der Waals surface area contributed by atoms with E-state index in [1.165, 1.54) is 5.32 Å². The number of amides is 1. The van der Waals surface area contributed by atoms with Crippen molar-refractivity contribution >= 4 is 23.3 Å². The molecule has 3 N–H and O–H groups in total. The van der Waals surface area contributed by atoms with Gasteiger partial charge in [-0.2, -0.15) is 18.6 Å². The molecular formula is C12H13F3N4O5. The Balaban J connectivity index is 3.10. The molecule has 0 aliphatic carbocycles. The third-order valence-electron chi connectivity index (χ3n) is 2.75. The van der Waals surface area contributed by atoms with E-state index in [-0.39, 0.29) is 11.4 Å². The van der Waals surface area contributed by atoms with Gasteiger partial charge in [0, 0.05) is 24.7 Å². The Kier molecular flexibility index (Phi) is 5.69. The lowest BCUT2D eigenvalue weighted by atomic mass is 10.1. The molecule has 0 spiro atoms. The zero-order valence-electron chi connectivity index (χ0n) is 12.4. The molecule has 24 heavy (non-hydrogen) atoms. The number of ether oxygens (including phenoxy) is 1. The number of hydrogen-bond donors (Lipinski definition) is 3. The molecule has 0 aromatic heterocycles. The topological polar surface area (TPSA) is 123 Å². The summed E-state index contributed by atoms with van der Waals surface area (Å²) in [7, 11) is 0.720. The second-order valence-electron chi connectivity index (χ2n) is 4.47. The smallest absolute Gasteiger partial charge is 0.438 e. The summed E-state index contributed by atoms with van der Waals surface area (Å²) in [6.07, 6.45) is -5.25. The number of anilines is 1. The predicted molar refractivity (Wildman–Crippen MR) is 74.5 cm³/mol. The Morgan fingerprint density at radius 1 is 1.21 bits per heavy atom. The fraction of sp³-hybridized carbons (Fsp3) is 0.333. The summed E-state index contributed by atoms with van der Waals surface area (Å²) in [6, 6.07) is 4.29. The van der Waals surface area contributed by atoms with Crippen molar-refractivity contribution in [3.63, 3.8) is 0 Å². The SMILES string of the molecule is COC(=O)[C@@](NNc1ccc([N+](=O)[O-])cc1)(NC(C)=O)C(F)(F)F. The molecule has 0 fully saturated rings. The minimum atomic E-state index is -5.25. The molecule has 1 rings (SSSR count). The number of benzene rings is 1. The number of halogens is 3. The molecule has 1 atom stereocenters. The normalized spacial score (nSPS) is 13.5. The zero-order valence-corrected chi connectivity index (χ0v) is 12.4. The molecule has 0 aliphatic heterocycles. The molecular weight excluding hydrogens is 337 g/mol. The summed E-state index contributed by atoms with van der Waals surface area (Å²) in [4.78, 5) is 32.6. The van der Waals surface area contributed by atoms with E-state index < -0.39 is 28.6 Å². The van der Waals surface area contributed by atoms with Crippen LogP contribution < -0.4 is 16.2 Å². The molecule has 1 aromatic carbocycles. The minimum absolute atomic E-state index is 0.0246. The second kappa shape index (κ2) is 7.12. The summed E-state index contributed by atoms with van der Waals surface area (Å²) in [6.45, 7) is 0.789. The van der Waals surface area contributed by atoms with Crippen LogP contribution in [0.2, 0.25) is 0 Å². The van der Waals surface area contributed by atoms with E-state index in [2.05, 4.69) is 10.2 Å². The largest absolute Gasteiger partial charge is 0.466 e. The molecule has 0 radical (unpaired) electrons. The average Bonchev–Trinajstić information content (AvgIpc) is 2.49. The van der Waals surface area contributed by atoms with Crippen LogP contribution in [0.5, 0.6) is 0 Å². The van der Waals surface area contributed by atoms with Crippen LogP contribution in [-0.2, 0) is 14.3 Å². The Labute approximate surface area is 133 Å². The predicted octanol–water partition coefficient (Wildman–Crippen LogP) is 1.08. The van der Waals surface area contributed by atoms with Gasteiger partial charge in [0.2, 0.25) is 5.91 Å². The van der Waals surface area contributed by atoms with Gasteiger partial charge in [-0.3, -0.25) is 14.9 Å². The number of non-ortho nitro benzene ring substituents is 1. The molecule has 0 saturated heterocycles. The highest BCUT2D eigenvalue weighted by molar-refractivity contribution is 5.87. The molecule has 9 nitrogen and oxygen atoms in total. The first-order chi connectivity index (χ1) is 11.0. The molecule has 0 saturated carbocycles. The number of carbonyl (C=O) groups excluding carboxylic acids is 2. The number of hydrazine groups is 1. The van der Waals surface area contributed by atoms with Crippen LogP contribution in [0.3, 0.4) is 0 Å². The number of nitrogens with zero attached hydrogens (tertiary/aromatic N) is 1. The summed E-state index contributed by atoms with van der Waals surface area (Å²) >= 11 is 0. The summed E-state index contributed by atoms with van der Waals surface area (Å²) in [5.41, 5.74) is -0.111. The van der Waals surface area contributed by atoms with Crippen molar-refractivity contribution in [1.29, 1.82) is 0 Å². The highest BCUT2D eigenvalue weighted by Gasteiger charge is 2.63. The van der Waals surface area contributed by atoms with Gasteiger partial charge >= 0.3 is 17.8 Å². The molecule has 0 unspecified atom stereocenters. The van der Waals surface area contributed by atoms with Gasteiger partial charge in [0.1, 0.15) is 0 Å². The van der Waals surface area contributed by atoms with Gasteiger partial charge in [0.05, 0.1) is 12.0 Å². The van der Waals surface area contributed by atoms with E-state index in [1.807, 2.05) is 0 Å². The van der Waals surface area contributed by atoms with E-state index in [9.17, 15) is 32.9 Å². The third-order valence-corrected chi connectivity index (χ3v) is 2.75. The van der Waals surface area contributed by atoms with E-state index in [0.29, 0.717) is 0 Å². The van der Waals surface area contributed by atoms with Crippen LogP contribution in [-0.4, -0.2) is 35.7 Å². The van der Waals surface area contributed by atoms with Crippen LogP contribution in [0.25, 0.3) is 0 Å². The van der Waals surface area contributed by atoms with Crippen molar-refractivity contribution in [2.24, 2.45) is 0 Å². The highest BCUT2D eigenvalue weighted by Crippen LogP contribution is 2.30. The minimum Gasteiger partial charge on any atom is -0.466 e. The standard InChI is InChI=1S/C12H13F3N4O5/c1-7(20)16-11(10(21)24-2,12(13,14)15)18-17-8-3-5-9(6-4-8)19(22)23/h3-6,17-18H,1-2H3,(H,16,20)/t11-/m0/s1. The molecule has 12 heteroatoms. The fourth-order valence-corrected chi connectivity index (χ4v) is 1.64. The van der Waals surface area contributed by atoms with Gasteiger partial charge in [-0.15, -0.1) is 0 Å². The fourth-order valence-electron chi connectivity index (χ4n) is 1.64. The maximum atomic E-state index is 13.3. The van der Waals surface area contributed by atoms with Crippen LogP contribution in [0.4, 0.5) is 24.5 Å². The van der Waals surface area contributed by atoms with Crippen molar-refractivity contribution < 1.29 is 32.4 Å². The second-order valence-corrected chi connectivity index (χ2v) is 4.47. The van der Waals surface area contributed by atoms with Gasteiger partial charge in [-0.1, -0.05) is 0 Å². The van der Waals surface area contributed by atoms with Gasteiger partial charge < -0.3 is 15.5 Å². The first kappa shape index (κ1) is 19.2. The Bertz CT molecular complexity index is 635. The lowest BCUT2D eigenvalue weighted by Crippen LogP contribution is -2.73. The van der Waals surface area contributed by atoms with Crippen molar-refractivity contribution in [2.45, 2.75) is 18.8 Å². The number of nitro benzene ring substituents is 1. The third kappa shape index (κ3) is 4.10. The molecule has 1 amide bonds. The number of hydrogen-bond acceptors (Lipinski definition) is 7. The quantitative estimate of drug-likeness (QED) is 0.304. The van der Waals surface area contributed by atoms with Gasteiger partial charge in [0.25, 0.3) is 5.69 Å². The molecule has 0 bridgehead atoms. The molecule has 0 aliphatic rings. The van der Waals surface area contributed by atoms with Crippen molar-refractivity contribution in [3.05, 3.63) is 34.4 Å². The van der Waals surface area contributed by atoms with E-state index >= 15 is 0 Å². The first-order valence-corrected chi connectivity index (χ1v) is 6.25. The van der Waals surface area contributed by atoms with Crippen LogP contribution in [0.1, 0.15) is 6.92 Å². The highest BCUT2D eigenvalue weighted by atomic mass is 19.4. The van der Waals surface area contributed by atoms with E-state index in [1.54, 1.807) is 5.43 Å². The maximum Gasteiger partial charge on any atom is 0.438 e. The Morgan fingerprint density at radius 2 is 1.75 bits per heavy atom. The molecule has 1 aromatic rings. The van der Waals surface area contributed by atoms with Crippen molar-refractivity contribution in [1.82, 2.24) is 10.7 Å². The summed E-state index contributed by atoms with van der Waals surface area (Å²) in [5.74, 6) is -2.95. The monoisotopic (exact) mass is 350 g/mol. The number of carbonyl (C=O) groups is 2. The summed E-state index contributed by atoms with van der Waals surface area (Å²) < 4.78 is 44.1. The van der Waals surface area contributed by atoms with Gasteiger partial charge in [0.15, 0.2) is 0 Å².